The summed E-state index contributed by atoms with van der Waals surface area (Å²) >= 11 is 0. The van der Waals surface area contributed by atoms with E-state index in [1.165, 1.54) is 11.0 Å². The summed E-state index contributed by atoms with van der Waals surface area (Å²) in [5.41, 5.74) is -1.66. The molecular weight excluding hydrogens is 311 g/mol. The van der Waals surface area contributed by atoms with Gasteiger partial charge in [0.25, 0.3) is 5.91 Å². The molecule has 0 saturated carbocycles. The summed E-state index contributed by atoms with van der Waals surface area (Å²) in [6.07, 6.45) is 0.347. The largest absolute Gasteiger partial charge is 0.484 e. The summed E-state index contributed by atoms with van der Waals surface area (Å²) < 4.78 is 18.6. The summed E-state index contributed by atoms with van der Waals surface area (Å²) in [6, 6.07) is 2.98. The van der Waals surface area contributed by atoms with Crippen molar-refractivity contribution in [1.82, 2.24) is 4.90 Å². The van der Waals surface area contributed by atoms with Crippen LogP contribution < -0.4 is 4.74 Å². The van der Waals surface area contributed by atoms with Gasteiger partial charge < -0.3 is 14.7 Å². The Hall–Kier alpha value is -2.71. The number of benzene rings is 1. The summed E-state index contributed by atoms with van der Waals surface area (Å²) in [5.74, 6) is -2.46. The van der Waals surface area contributed by atoms with Crippen molar-refractivity contribution in [2.75, 3.05) is 19.7 Å². The number of nitro benzene ring substituents is 1. The summed E-state index contributed by atoms with van der Waals surface area (Å²) in [5, 5.41) is 19.6. The fraction of sp³-hybridized carbons (Fsp3) is 0.429. The molecule has 0 aliphatic carbocycles. The fourth-order valence-corrected chi connectivity index (χ4v) is 2.31. The van der Waals surface area contributed by atoms with Crippen molar-refractivity contribution >= 4 is 17.6 Å². The number of carboxylic acids is 1. The number of aliphatic carboxylic acids is 1. The smallest absolute Gasteiger partial charge is 0.311 e. The Morgan fingerprint density at radius 2 is 2.22 bits per heavy atom. The molecule has 1 amide bonds. The average Bonchev–Trinajstić information content (AvgIpc) is 2.88. The predicted octanol–water partition coefficient (Wildman–Crippen LogP) is 1.44. The van der Waals surface area contributed by atoms with Crippen molar-refractivity contribution in [1.29, 1.82) is 0 Å². The van der Waals surface area contributed by atoms with E-state index in [0.717, 1.165) is 12.1 Å². The zero-order valence-corrected chi connectivity index (χ0v) is 12.3. The third kappa shape index (κ3) is 3.55. The predicted molar refractivity (Wildman–Crippen MR) is 75.5 cm³/mol. The van der Waals surface area contributed by atoms with Crippen LogP contribution in [-0.2, 0) is 9.59 Å². The third-order valence-electron chi connectivity index (χ3n) is 3.82. The molecule has 124 valence electrons. The zero-order chi connectivity index (χ0) is 17.2. The minimum atomic E-state index is -1.06. The number of nitrogens with zero attached hydrogens (tertiary/aromatic N) is 2. The molecule has 0 aromatic heterocycles. The van der Waals surface area contributed by atoms with E-state index in [-0.39, 0.29) is 12.3 Å². The Kier molecular flexibility index (Phi) is 4.48. The zero-order valence-electron chi connectivity index (χ0n) is 12.3. The minimum Gasteiger partial charge on any atom is -0.484 e. The Bertz CT molecular complexity index is 665. The van der Waals surface area contributed by atoms with Crippen LogP contribution in [0.3, 0.4) is 0 Å². The molecule has 0 bridgehead atoms. The molecule has 8 nitrogen and oxygen atoms in total. The second-order valence-corrected chi connectivity index (χ2v) is 5.59. The van der Waals surface area contributed by atoms with Gasteiger partial charge in [-0.25, -0.2) is 0 Å². The molecule has 1 aliphatic rings. The van der Waals surface area contributed by atoms with Crippen LogP contribution in [0, 0.1) is 21.3 Å². The molecule has 1 fully saturated rings. The number of carbonyl (C=O) groups is 2. The van der Waals surface area contributed by atoms with Gasteiger partial charge in [0, 0.05) is 25.2 Å². The molecule has 0 spiro atoms. The van der Waals surface area contributed by atoms with Crippen LogP contribution in [0.2, 0.25) is 0 Å². The maximum atomic E-state index is 13.4. The third-order valence-corrected chi connectivity index (χ3v) is 3.82. The highest BCUT2D eigenvalue weighted by atomic mass is 19.1. The summed E-state index contributed by atoms with van der Waals surface area (Å²) in [7, 11) is 0. The highest BCUT2D eigenvalue weighted by Crippen LogP contribution is 2.30. The van der Waals surface area contributed by atoms with Crippen LogP contribution in [-0.4, -0.2) is 46.5 Å². The Balaban J connectivity index is 1.94. The lowest BCUT2D eigenvalue weighted by Crippen LogP contribution is -2.37. The number of carbonyl (C=O) groups excluding carboxylic acids is 1. The molecule has 1 aliphatic heterocycles. The van der Waals surface area contributed by atoms with Gasteiger partial charge in [-0.3, -0.25) is 19.7 Å². The number of halogens is 1. The topological polar surface area (TPSA) is 110 Å². The first-order valence-corrected chi connectivity index (χ1v) is 6.81. The van der Waals surface area contributed by atoms with E-state index in [0.29, 0.717) is 13.0 Å². The fourth-order valence-electron chi connectivity index (χ4n) is 2.31. The number of likely N-dealkylation sites (tertiary alicyclic amines) is 1. The average molecular weight is 326 g/mol. The van der Waals surface area contributed by atoms with Gasteiger partial charge in [-0.15, -0.1) is 0 Å². The quantitative estimate of drug-likeness (QED) is 0.647. The number of ether oxygens (including phenoxy) is 1. The number of carboxylic acid groups (broad SMARTS) is 1. The van der Waals surface area contributed by atoms with Crippen molar-refractivity contribution in [3.63, 3.8) is 0 Å². The normalized spacial score (nSPS) is 20.3. The molecule has 1 atom stereocenters. The second-order valence-electron chi connectivity index (χ2n) is 5.59. The highest BCUT2D eigenvalue weighted by Gasteiger charge is 2.42. The lowest BCUT2D eigenvalue weighted by atomic mass is 9.90. The molecule has 1 N–H and O–H groups in total. The Morgan fingerprint density at radius 1 is 1.52 bits per heavy atom. The summed E-state index contributed by atoms with van der Waals surface area (Å²) in [4.78, 5) is 34.1. The first-order chi connectivity index (χ1) is 10.7. The van der Waals surface area contributed by atoms with E-state index in [2.05, 4.69) is 0 Å². The monoisotopic (exact) mass is 326 g/mol. The van der Waals surface area contributed by atoms with E-state index in [1.54, 1.807) is 6.92 Å². The molecule has 9 heteroatoms. The van der Waals surface area contributed by atoms with Crippen LogP contribution >= 0.6 is 0 Å². The van der Waals surface area contributed by atoms with Gasteiger partial charge in [0.05, 0.1) is 10.3 Å². The lowest BCUT2D eigenvalue weighted by molar-refractivity contribution is -0.387. The van der Waals surface area contributed by atoms with Gasteiger partial charge in [0.2, 0.25) is 5.82 Å². The van der Waals surface area contributed by atoms with Crippen molar-refractivity contribution in [2.45, 2.75) is 13.3 Å². The first kappa shape index (κ1) is 16.7. The van der Waals surface area contributed by atoms with E-state index in [1.807, 2.05) is 0 Å². The number of amides is 1. The Morgan fingerprint density at radius 3 is 2.74 bits per heavy atom. The second kappa shape index (κ2) is 6.19. The van der Waals surface area contributed by atoms with Crippen LogP contribution in [0.4, 0.5) is 10.1 Å². The molecule has 1 heterocycles. The van der Waals surface area contributed by atoms with E-state index in [4.69, 9.17) is 9.84 Å². The number of hydrogen-bond donors (Lipinski definition) is 1. The van der Waals surface area contributed by atoms with Crippen molar-refractivity contribution in [3.8, 4) is 5.75 Å². The van der Waals surface area contributed by atoms with Crippen LogP contribution in [0.5, 0.6) is 5.75 Å². The van der Waals surface area contributed by atoms with Gasteiger partial charge in [0.1, 0.15) is 5.75 Å². The van der Waals surface area contributed by atoms with Gasteiger partial charge in [-0.1, -0.05) is 0 Å². The number of nitro groups is 1. The molecule has 1 aromatic carbocycles. The number of hydrogen-bond acceptors (Lipinski definition) is 5. The highest BCUT2D eigenvalue weighted by molar-refractivity contribution is 5.81. The van der Waals surface area contributed by atoms with Crippen LogP contribution in [0.15, 0.2) is 18.2 Å². The van der Waals surface area contributed by atoms with Crippen LogP contribution in [0.1, 0.15) is 13.3 Å². The lowest BCUT2D eigenvalue weighted by Gasteiger charge is -2.20. The molecule has 2 rings (SSSR count). The van der Waals surface area contributed by atoms with E-state index >= 15 is 0 Å². The number of rotatable bonds is 5. The maximum absolute atomic E-state index is 13.4. The molecule has 1 aromatic rings. The maximum Gasteiger partial charge on any atom is 0.311 e. The molecular formula is C14H15FN2O6. The van der Waals surface area contributed by atoms with Crippen molar-refractivity contribution in [3.05, 3.63) is 34.1 Å². The van der Waals surface area contributed by atoms with Crippen molar-refractivity contribution < 1.29 is 28.7 Å². The molecule has 1 saturated heterocycles. The van der Waals surface area contributed by atoms with Crippen molar-refractivity contribution in [2.24, 2.45) is 5.41 Å². The Labute approximate surface area is 130 Å². The SMILES string of the molecule is CC1(C(=O)O)CCN(C(=O)COc2ccc([N+](=O)[O-])c(F)c2)C1. The van der Waals surface area contributed by atoms with Crippen LogP contribution in [0.25, 0.3) is 0 Å². The molecule has 23 heavy (non-hydrogen) atoms. The molecule has 0 radical (unpaired) electrons. The van der Waals surface area contributed by atoms with Gasteiger partial charge in [-0.05, 0) is 19.4 Å². The van der Waals surface area contributed by atoms with Gasteiger partial charge in [0.15, 0.2) is 6.61 Å². The van der Waals surface area contributed by atoms with E-state index < -0.39 is 40.3 Å². The summed E-state index contributed by atoms with van der Waals surface area (Å²) in [6.45, 7) is 1.56. The standard InChI is InChI=1S/C14H15FN2O6/c1-14(13(19)20)4-5-16(8-14)12(18)7-23-9-2-3-11(17(21)22)10(15)6-9/h2-3,6H,4-5,7-8H2,1H3,(H,19,20). The minimum absolute atomic E-state index is 0.0124. The molecule has 1 unspecified atom stereocenters. The van der Waals surface area contributed by atoms with E-state index in [9.17, 15) is 24.1 Å². The van der Waals surface area contributed by atoms with Gasteiger partial charge >= 0.3 is 11.7 Å². The van der Waals surface area contributed by atoms with Gasteiger partial charge in [-0.2, -0.15) is 4.39 Å². The first-order valence-electron chi connectivity index (χ1n) is 6.81.